The monoisotopic (exact) mass is 349 g/mol. The summed E-state index contributed by atoms with van der Waals surface area (Å²) in [6.07, 6.45) is 7.03. The van der Waals surface area contributed by atoms with Crippen LogP contribution in [0.3, 0.4) is 0 Å². The third-order valence-corrected chi connectivity index (χ3v) is 4.26. The maximum absolute atomic E-state index is 9.21. The molecule has 0 aliphatic carbocycles. The van der Waals surface area contributed by atoms with Crippen LogP contribution in [0.1, 0.15) is 17.2 Å². The largest absolute Gasteiger partial charge is 0.392 e. The van der Waals surface area contributed by atoms with E-state index in [0.29, 0.717) is 6.54 Å². The topological polar surface area (TPSA) is 74.2 Å². The Bertz CT molecular complexity index is 821. The van der Waals surface area contributed by atoms with Crippen LogP contribution in [0.5, 0.6) is 0 Å². The van der Waals surface area contributed by atoms with Gasteiger partial charge in [-0.15, -0.1) is 0 Å². The zero-order valence-corrected chi connectivity index (χ0v) is 15.0. The zero-order valence-electron chi connectivity index (χ0n) is 15.0. The highest BCUT2D eigenvalue weighted by atomic mass is 16.3. The van der Waals surface area contributed by atoms with Gasteiger partial charge in [0.05, 0.1) is 12.6 Å². The van der Waals surface area contributed by atoms with Gasteiger partial charge in [-0.1, -0.05) is 30.3 Å². The van der Waals surface area contributed by atoms with Crippen LogP contribution in [-0.2, 0) is 6.61 Å². The van der Waals surface area contributed by atoms with E-state index in [9.17, 15) is 5.11 Å². The van der Waals surface area contributed by atoms with Gasteiger partial charge in [-0.3, -0.25) is 9.97 Å². The Morgan fingerprint density at radius 1 is 1.04 bits per heavy atom. The van der Waals surface area contributed by atoms with E-state index in [2.05, 4.69) is 31.2 Å². The number of aliphatic hydroxyl groups is 1. The number of rotatable bonds is 7. The van der Waals surface area contributed by atoms with E-state index >= 15 is 0 Å². The zero-order chi connectivity index (χ0) is 18.4. The van der Waals surface area contributed by atoms with Crippen LogP contribution in [0.15, 0.2) is 61.2 Å². The SMILES string of the molecule is CN(C)C(CNc1nccnc1-c1ccc(CO)cc1)c1cccnc1. The summed E-state index contributed by atoms with van der Waals surface area (Å²) in [6, 6.07) is 11.9. The third-order valence-electron chi connectivity index (χ3n) is 4.26. The summed E-state index contributed by atoms with van der Waals surface area (Å²) in [5.41, 5.74) is 3.76. The van der Waals surface area contributed by atoms with Crippen molar-refractivity contribution in [3.05, 3.63) is 72.3 Å². The molecule has 0 saturated carbocycles. The van der Waals surface area contributed by atoms with E-state index < -0.39 is 0 Å². The second-order valence-electron chi connectivity index (χ2n) is 6.26. The fourth-order valence-corrected chi connectivity index (χ4v) is 2.81. The third kappa shape index (κ3) is 4.22. The molecule has 3 aromatic rings. The van der Waals surface area contributed by atoms with Crippen LogP contribution < -0.4 is 5.32 Å². The van der Waals surface area contributed by atoms with Gasteiger partial charge in [0.1, 0.15) is 5.69 Å². The molecule has 1 unspecified atom stereocenters. The van der Waals surface area contributed by atoms with Crippen LogP contribution in [0.25, 0.3) is 11.3 Å². The predicted octanol–water partition coefficient (Wildman–Crippen LogP) is 2.75. The smallest absolute Gasteiger partial charge is 0.152 e. The van der Waals surface area contributed by atoms with Crippen molar-refractivity contribution in [3.63, 3.8) is 0 Å². The highest BCUT2D eigenvalue weighted by Gasteiger charge is 2.16. The summed E-state index contributed by atoms with van der Waals surface area (Å²) in [4.78, 5) is 15.3. The van der Waals surface area contributed by atoms with E-state index in [4.69, 9.17) is 0 Å². The number of nitrogens with zero attached hydrogens (tertiary/aromatic N) is 4. The Labute approximate surface area is 153 Å². The molecule has 6 nitrogen and oxygen atoms in total. The lowest BCUT2D eigenvalue weighted by Crippen LogP contribution is -2.27. The molecule has 0 spiro atoms. The summed E-state index contributed by atoms with van der Waals surface area (Å²) in [5, 5.41) is 12.6. The molecule has 26 heavy (non-hydrogen) atoms. The lowest BCUT2D eigenvalue weighted by molar-refractivity contribution is 0.282. The molecule has 1 atom stereocenters. The highest BCUT2D eigenvalue weighted by molar-refractivity contribution is 5.71. The Morgan fingerprint density at radius 2 is 1.81 bits per heavy atom. The van der Waals surface area contributed by atoms with Gasteiger partial charge in [0.15, 0.2) is 5.82 Å². The number of benzene rings is 1. The van der Waals surface area contributed by atoms with Gasteiger partial charge in [-0.2, -0.15) is 0 Å². The molecular formula is C20H23N5O. The molecule has 3 rings (SSSR count). The molecule has 134 valence electrons. The number of nitrogens with one attached hydrogen (secondary N) is 1. The molecule has 0 bridgehead atoms. The molecular weight excluding hydrogens is 326 g/mol. The van der Waals surface area contributed by atoms with Crippen LogP contribution in [0.2, 0.25) is 0 Å². The first kappa shape index (κ1) is 18.0. The van der Waals surface area contributed by atoms with Crippen molar-refractivity contribution in [2.75, 3.05) is 26.0 Å². The van der Waals surface area contributed by atoms with E-state index in [1.54, 1.807) is 18.6 Å². The molecule has 0 amide bonds. The predicted molar refractivity (Wildman–Crippen MR) is 103 cm³/mol. The second-order valence-corrected chi connectivity index (χ2v) is 6.26. The molecule has 0 aliphatic heterocycles. The average molecular weight is 349 g/mol. The van der Waals surface area contributed by atoms with Crippen molar-refractivity contribution in [2.24, 2.45) is 0 Å². The van der Waals surface area contributed by atoms with Gasteiger partial charge in [0.25, 0.3) is 0 Å². The lowest BCUT2D eigenvalue weighted by atomic mass is 10.1. The molecule has 0 saturated heterocycles. The van der Waals surface area contributed by atoms with Crippen molar-refractivity contribution < 1.29 is 5.11 Å². The molecule has 0 radical (unpaired) electrons. The lowest BCUT2D eigenvalue weighted by Gasteiger charge is -2.25. The normalized spacial score (nSPS) is 12.2. The Kier molecular flexibility index (Phi) is 5.88. The van der Waals surface area contributed by atoms with E-state index in [1.165, 1.54) is 0 Å². The molecule has 2 heterocycles. The maximum Gasteiger partial charge on any atom is 0.152 e. The molecule has 2 N–H and O–H groups in total. The molecule has 0 fully saturated rings. The molecule has 2 aromatic heterocycles. The number of hydrogen-bond donors (Lipinski definition) is 2. The van der Waals surface area contributed by atoms with Gasteiger partial charge in [0.2, 0.25) is 0 Å². The Balaban J connectivity index is 1.81. The van der Waals surface area contributed by atoms with Gasteiger partial charge < -0.3 is 15.3 Å². The summed E-state index contributed by atoms with van der Waals surface area (Å²) >= 11 is 0. The average Bonchev–Trinajstić information content (AvgIpc) is 2.69. The fourth-order valence-electron chi connectivity index (χ4n) is 2.81. The highest BCUT2D eigenvalue weighted by Crippen LogP contribution is 2.25. The van der Waals surface area contributed by atoms with Gasteiger partial charge in [-0.05, 0) is 31.3 Å². The Morgan fingerprint density at radius 3 is 2.46 bits per heavy atom. The van der Waals surface area contributed by atoms with Crippen molar-refractivity contribution in [1.82, 2.24) is 19.9 Å². The maximum atomic E-state index is 9.21. The minimum atomic E-state index is 0.0292. The summed E-state index contributed by atoms with van der Waals surface area (Å²) in [6.45, 7) is 0.709. The molecule has 6 heteroatoms. The number of pyridine rings is 1. The Hall–Kier alpha value is -2.83. The molecule has 0 aliphatic rings. The van der Waals surface area contributed by atoms with Crippen LogP contribution >= 0.6 is 0 Å². The molecule has 1 aromatic carbocycles. The first-order chi connectivity index (χ1) is 12.7. The number of hydrogen-bond acceptors (Lipinski definition) is 6. The minimum absolute atomic E-state index is 0.0292. The first-order valence-electron chi connectivity index (χ1n) is 8.50. The van der Waals surface area contributed by atoms with Gasteiger partial charge in [0, 0.05) is 36.9 Å². The van der Waals surface area contributed by atoms with E-state index in [1.807, 2.05) is 50.6 Å². The number of aliphatic hydroxyl groups excluding tert-OH is 1. The van der Waals surface area contributed by atoms with E-state index in [-0.39, 0.29) is 12.6 Å². The standard InChI is InChI=1S/C20H23N5O/c1-25(2)18(17-4-3-9-21-12-17)13-24-20-19(22-10-11-23-20)16-7-5-15(14-26)6-8-16/h3-12,18,26H,13-14H2,1-2H3,(H,23,24). The summed E-state index contributed by atoms with van der Waals surface area (Å²) < 4.78 is 0. The van der Waals surface area contributed by atoms with Gasteiger partial charge in [-0.25, -0.2) is 4.98 Å². The fraction of sp³-hybridized carbons (Fsp3) is 0.250. The van der Waals surface area contributed by atoms with Crippen molar-refractivity contribution in [3.8, 4) is 11.3 Å². The quantitative estimate of drug-likeness (QED) is 0.683. The van der Waals surface area contributed by atoms with Crippen molar-refractivity contribution >= 4 is 5.82 Å². The van der Waals surface area contributed by atoms with Gasteiger partial charge >= 0.3 is 0 Å². The number of aromatic nitrogens is 3. The van der Waals surface area contributed by atoms with Crippen LogP contribution in [0.4, 0.5) is 5.82 Å². The van der Waals surface area contributed by atoms with Crippen molar-refractivity contribution in [1.29, 1.82) is 0 Å². The summed E-state index contributed by atoms with van der Waals surface area (Å²) in [7, 11) is 4.09. The first-order valence-corrected chi connectivity index (χ1v) is 8.50. The number of anilines is 1. The van der Waals surface area contributed by atoms with Crippen LogP contribution in [0, 0.1) is 0 Å². The number of likely N-dealkylation sites (N-methyl/N-ethyl adjacent to an activating group) is 1. The van der Waals surface area contributed by atoms with Crippen LogP contribution in [-0.4, -0.2) is 45.6 Å². The minimum Gasteiger partial charge on any atom is -0.392 e. The second kappa shape index (κ2) is 8.51. The summed E-state index contributed by atoms with van der Waals surface area (Å²) in [5.74, 6) is 0.736. The van der Waals surface area contributed by atoms with E-state index in [0.717, 1.165) is 28.2 Å². The van der Waals surface area contributed by atoms with Crippen molar-refractivity contribution in [2.45, 2.75) is 12.6 Å².